The number of likely N-dealkylation sites (tertiary alicyclic amines) is 1. The molecule has 112 valence electrons. The van der Waals surface area contributed by atoms with Gasteiger partial charge in [0, 0.05) is 13.1 Å². The fourth-order valence-electron chi connectivity index (χ4n) is 3.09. The number of benzene rings is 1. The van der Waals surface area contributed by atoms with E-state index in [9.17, 15) is 14.7 Å². The van der Waals surface area contributed by atoms with E-state index in [-0.39, 0.29) is 12.5 Å². The Kier molecular flexibility index (Phi) is 3.45. The quantitative estimate of drug-likeness (QED) is 0.898. The van der Waals surface area contributed by atoms with Gasteiger partial charge in [0.2, 0.25) is 0 Å². The summed E-state index contributed by atoms with van der Waals surface area (Å²) >= 11 is 0. The van der Waals surface area contributed by atoms with E-state index in [1.165, 1.54) is 0 Å². The molecule has 0 spiro atoms. The first-order chi connectivity index (χ1) is 10.0. The largest absolute Gasteiger partial charge is 0.481 e. The molecule has 1 aromatic rings. The number of carboxylic acids is 1. The SMILES string of the molecule is CC1(C(=O)O)CCN(C(=O)C2OCCc3ccccc32)C1. The number of amides is 1. The molecule has 1 amide bonds. The number of aliphatic carboxylic acids is 1. The van der Waals surface area contributed by atoms with Crippen LogP contribution < -0.4 is 0 Å². The second kappa shape index (κ2) is 5.15. The molecule has 0 aromatic heterocycles. The van der Waals surface area contributed by atoms with Gasteiger partial charge in [0.15, 0.2) is 6.10 Å². The van der Waals surface area contributed by atoms with Crippen LogP contribution in [0.2, 0.25) is 0 Å². The van der Waals surface area contributed by atoms with Crippen LogP contribution in [0.15, 0.2) is 24.3 Å². The molecule has 2 aliphatic rings. The molecular formula is C16H19NO4. The topological polar surface area (TPSA) is 66.8 Å². The summed E-state index contributed by atoms with van der Waals surface area (Å²) in [6.45, 7) is 2.95. The number of hydrogen-bond acceptors (Lipinski definition) is 3. The maximum absolute atomic E-state index is 12.7. The van der Waals surface area contributed by atoms with Crippen LogP contribution >= 0.6 is 0 Å². The molecule has 21 heavy (non-hydrogen) atoms. The van der Waals surface area contributed by atoms with Gasteiger partial charge in [-0.25, -0.2) is 0 Å². The average Bonchev–Trinajstić information content (AvgIpc) is 2.90. The van der Waals surface area contributed by atoms with Crippen molar-refractivity contribution in [2.24, 2.45) is 5.41 Å². The molecule has 2 aliphatic heterocycles. The molecule has 5 nitrogen and oxygen atoms in total. The molecule has 2 heterocycles. The minimum atomic E-state index is -0.845. The predicted octanol–water partition coefficient (Wildman–Crippen LogP) is 1.62. The minimum Gasteiger partial charge on any atom is -0.481 e. The van der Waals surface area contributed by atoms with Crippen LogP contribution in [-0.2, 0) is 20.7 Å². The van der Waals surface area contributed by atoms with Gasteiger partial charge in [0.05, 0.1) is 12.0 Å². The van der Waals surface area contributed by atoms with E-state index in [2.05, 4.69) is 0 Å². The van der Waals surface area contributed by atoms with Gasteiger partial charge in [-0.15, -0.1) is 0 Å². The highest BCUT2D eigenvalue weighted by atomic mass is 16.5. The highest BCUT2D eigenvalue weighted by Gasteiger charge is 2.44. The molecule has 3 rings (SSSR count). The molecule has 0 radical (unpaired) electrons. The number of ether oxygens (including phenoxy) is 1. The van der Waals surface area contributed by atoms with Crippen LogP contribution in [0.4, 0.5) is 0 Å². The van der Waals surface area contributed by atoms with Crippen molar-refractivity contribution >= 4 is 11.9 Å². The number of carbonyl (C=O) groups is 2. The summed E-state index contributed by atoms with van der Waals surface area (Å²) < 4.78 is 5.67. The van der Waals surface area contributed by atoms with E-state index in [0.29, 0.717) is 19.6 Å². The summed E-state index contributed by atoms with van der Waals surface area (Å²) in [5, 5.41) is 9.27. The minimum absolute atomic E-state index is 0.118. The Balaban J connectivity index is 1.80. The van der Waals surface area contributed by atoms with E-state index in [1.807, 2.05) is 24.3 Å². The van der Waals surface area contributed by atoms with Crippen molar-refractivity contribution < 1.29 is 19.4 Å². The summed E-state index contributed by atoms with van der Waals surface area (Å²) in [7, 11) is 0. The van der Waals surface area contributed by atoms with E-state index in [0.717, 1.165) is 17.5 Å². The van der Waals surface area contributed by atoms with Crippen LogP contribution in [0.25, 0.3) is 0 Å². The number of fused-ring (bicyclic) bond motifs is 1. The zero-order valence-corrected chi connectivity index (χ0v) is 12.0. The average molecular weight is 289 g/mol. The van der Waals surface area contributed by atoms with E-state index < -0.39 is 17.5 Å². The van der Waals surface area contributed by atoms with Crippen LogP contribution in [-0.4, -0.2) is 41.6 Å². The van der Waals surface area contributed by atoms with Crippen molar-refractivity contribution in [3.8, 4) is 0 Å². The maximum atomic E-state index is 12.7. The molecule has 5 heteroatoms. The third-order valence-corrected chi connectivity index (χ3v) is 4.52. The van der Waals surface area contributed by atoms with Crippen LogP contribution in [0.1, 0.15) is 30.6 Å². The van der Waals surface area contributed by atoms with Crippen LogP contribution in [0.5, 0.6) is 0 Å². The van der Waals surface area contributed by atoms with Gasteiger partial charge in [-0.3, -0.25) is 9.59 Å². The molecule has 1 aromatic carbocycles. The summed E-state index contributed by atoms with van der Waals surface area (Å²) in [5.74, 6) is -0.963. The van der Waals surface area contributed by atoms with Crippen LogP contribution in [0, 0.1) is 5.41 Å². The summed E-state index contributed by atoms with van der Waals surface area (Å²) in [5.41, 5.74) is 1.21. The van der Waals surface area contributed by atoms with Gasteiger partial charge in [0.25, 0.3) is 5.91 Å². The Bertz CT molecular complexity index is 585. The van der Waals surface area contributed by atoms with Crippen LogP contribution in [0.3, 0.4) is 0 Å². The van der Waals surface area contributed by atoms with Crippen molar-refractivity contribution in [2.45, 2.75) is 25.9 Å². The lowest BCUT2D eigenvalue weighted by Crippen LogP contribution is -2.39. The molecule has 0 aliphatic carbocycles. The summed E-state index contributed by atoms with van der Waals surface area (Å²) in [4.78, 5) is 25.6. The molecule has 0 saturated carbocycles. The van der Waals surface area contributed by atoms with E-state index in [1.54, 1.807) is 11.8 Å². The summed E-state index contributed by atoms with van der Waals surface area (Å²) in [6.07, 6.45) is 0.709. The van der Waals surface area contributed by atoms with Crippen molar-refractivity contribution in [3.05, 3.63) is 35.4 Å². The fourth-order valence-corrected chi connectivity index (χ4v) is 3.09. The highest BCUT2D eigenvalue weighted by molar-refractivity contribution is 5.85. The Morgan fingerprint density at radius 1 is 1.38 bits per heavy atom. The zero-order valence-electron chi connectivity index (χ0n) is 12.0. The first kappa shape index (κ1) is 14.1. The smallest absolute Gasteiger partial charge is 0.311 e. The van der Waals surface area contributed by atoms with Gasteiger partial charge < -0.3 is 14.7 Å². The number of rotatable bonds is 2. The monoisotopic (exact) mass is 289 g/mol. The van der Waals surface area contributed by atoms with Crippen molar-refractivity contribution in [1.29, 1.82) is 0 Å². The maximum Gasteiger partial charge on any atom is 0.311 e. The normalized spacial score (nSPS) is 28.2. The third kappa shape index (κ3) is 2.42. The molecule has 2 unspecified atom stereocenters. The molecule has 1 fully saturated rings. The number of nitrogens with zero attached hydrogens (tertiary/aromatic N) is 1. The van der Waals surface area contributed by atoms with E-state index in [4.69, 9.17) is 4.74 Å². The lowest BCUT2D eigenvalue weighted by molar-refractivity contribution is -0.149. The number of carbonyl (C=O) groups excluding carboxylic acids is 1. The Morgan fingerprint density at radius 2 is 2.14 bits per heavy atom. The van der Waals surface area contributed by atoms with Gasteiger partial charge in [-0.2, -0.15) is 0 Å². The van der Waals surface area contributed by atoms with Gasteiger partial charge in [-0.1, -0.05) is 24.3 Å². The number of hydrogen-bond donors (Lipinski definition) is 1. The first-order valence-electron chi connectivity index (χ1n) is 7.23. The molecule has 1 saturated heterocycles. The molecule has 1 N–H and O–H groups in total. The Hall–Kier alpha value is -1.88. The summed E-state index contributed by atoms with van der Waals surface area (Å²) in [6, 6.07) is 7.80. The highest BCUT2D eigenvalue weighted by Crippen LogP contribution is 2.34. The van der Waals surface area contributed by atoms with E-state index >= 15 is 0 Å². The van der Waals surface area contributed by atoms with Crippen molar-refractivity contribution in [2.75, 3.05) is 19.7 Å². The molecule has 2 atom stereocenters. The van der Waals surface area contributed by atoms with Gasteiger partial charge in [-0.05, 0) is 30.9 Å². The first-order valence-corrected chi connectivity index (χ1v) is 7.23. The Labute approximate surface area is 123 Å². The second-order valence-electron chi connectivity index (χ2n) is 6.08. The predicted molar refractivity (Wildman–Crippen MR) is 75.8 cm³/mol. The van der Waals surface area contributed by atoms with Gasteiger partial charge in [0.1, 0.15) is 0 Å². The lowest BCUT2D eigenvalue weighted by atomic mass is 9.90. The van der Waals surface area contributed by atoms with Crippen molar-refractivity contribution in [3.63, 3.8) is 0 Å². The van der Waals surface area contributed by atoms with Crippen molar-refractivity contribution in [1.82, 2.24) is 4.90 Å². The molecule has 0 bridgehead atoms. The zero-order chi connectivity index (χ0) is 15.0. The standard InChI is InChI=1S/C16H19NO4/c1-16(15(19)20)7-8-17(10-16)14(18)13-12-5-3-2-4-11(12)6-9-21-13/h2-5,13H,6-10H2,1H3,(H,19,20). The number of carboxylic acid groups (broad SMARTS) is 1. The fraction of sp³-hybridized carbons (Fsp3) is 0.500. The van der Waals surface area contributed by atoms with Gasteiger partial charge >= 0.3 is 5.97 Å². The second-order valence-corrected chi connectivity index (χ2v) is 6.08. The third-order valence-electron chi connectivity index (χ3n) is 4.52. The Morgan fingerprint density at radius 3 is 2.86 bits per heavy atom. The molecular weight excluding hydrogens is 270 g/mol. The lowest BCUT2D eigenvalue weighted by Gasteiger charge is -2.29.